The van der Waals surface area contributed by atoms with Gasteiger partial charge in [0.1, 0.15) is 10.6 Å². The fraction of sp³-hybridized carbons (Fsp3) is 0.250. The Morgan fingerprint density at radius 1 is 1.00 bits per heavy atom. The standard InChI is InChI=1S/C20H20N2O7S/c1-4-21(5-2)30(26,27)17-12-13(10-11-16(17)28-3)20(25)29-22-18(23)14-8-6-7-9-15(14)19(22)24/h6-12H,4-5H2,1-3H3. The Kier molecular flexibility index (Phi) is 5.90. The molecule has 0 aromatic heterocycles. The highest BCUT2D eigenvalue weighted by atomic mass is 32.2. The number of methoxy groups -OCH3 is 1. The Labute approximate surface area is 173 Å². The number of sulfonamides is 1. The number of carbonyl (C=O) groups is 3. The molecule has 0 N–H and O–H groups in total. The van der Waals surface area contributed by atoms with Crippen LogP contribution in [-0.4, -0.2) is 55.8 Å². The third-order valence-corrected chi connectivity index (χ3v) is 6.72. The summed E-state index contributed by atoms with van der Waals surface area (Å²) in [7, 11) is -2.63. The number of amides is 2. The van der Waals surface area contributed by atoms with Crippen LogP contribution in [0.15, 0.2) is 47.4 Å². The van der Waals surface area contributed by atoms with Crippen molar-refractivity contribution in [1.82, 2.24) is 9.37 Å². The van der Waals surface area contributed by atoms with Gasteiger partial charge >= 0.3 is 5.97 Å². The topological polar surface area (TPSA) is 110 Å². The normalized spacial score (nSPS) is 13.5. The van der Waals surface area contributed by atoms with Crippen molar-refractivity contribution >= 4 is 27.8 Å². The van der Waals surface area contributed by atoms with E-state index in [1.165, 1.54) is 35.7 Å². The molecule has 2 aromatic rings. The van der Waals surface area contributed by atoms with Crippen molar-refractivity contribution < 1.29 is 32.4 Å². The maximum atomic E-state index is 12.9. The summed E-state index contributed by atoms with van der Waals surface area (Å²) in [6.45, 7) is 3.83. The highest BCUT2D eigenvalue weighted by molar-refractivity contribution is 7.89. The number of benzene rings is 2. The molecule has 30 heavy (non-hydrogen) atoms. The second kappa shape index (κ2) is 8.25. The predicted molar refractivity (Wildman–Crippen MR) is 105 cm³/mol. The number of fused-ring (bicyclic) bond motifs is 1. The quantitative estimate of drug-likeness (QED) is 0.616. The van der Waals surface area contributed by atoms with Crippen molar-refractivity contribution in [2.24, 2.45) is 0 Å². The number of carbonyl (C=O) groups excluding carboxylic acids is 3. The molecule has 0 aliphatic carbocycles. The Balaban J connectivity index is 1.93. The van der Waals surface area contributed by atoms with Gasteiger partial charge in [0.2, 0.25) is 10.0 Å². The van der Waals surface area contributed by atoms with E-state index in [0.717, 1.165) is 6.07 Å². The summed E-state index contributed by atoms with van der Waals surface area (Å²) in [6, 6.07) is 9.78. The van der Waals surface area contributed by atoms with Gasteiger partial charge in [-0.05, 0) is 30.3 Å². The smallest absolute Gasteiger partial charge is 0.363 e. The van der Waals surface area contributed by atoms with Gasteiger partial charge < -0.3 is 9.57 Å². The lowest BCUT2D eigenvalue weighted by molar-refractivity contribution is -0.0584. The van der Waals surface area contributed by atoms with Gasteiger partial charge in [0.05, 0.1) is 23.8 Å². The molecule has 3 rings (SSSR count). The van der Waals surface area contributed by atoms with Crippen LogP contribution in [0, 0.1) is 0 Å². The molecule has 2 amide bonds. The molecule has 0 atom stereocenters. The second-order valence-electron chi connectivity index (χ2n) is 6.28. The van der Waals surface area contributed by atoms with Crippen molar-refractivity contribution in [1.29, 1.82) is 0 Å². The molecule has 0 spiro atoms. The van der Waals surface area contributed by atoms with Crippen LogP contribution in [0.5, 0.6) is 5.75 Å². The van der Waals surface area contributed by atoms with E-state index in [1.807, 2.05) is 0 Å². The number of hydrogen-bond acceptors (Lipinski definition) is 7. The van der Waals surface area contributed by atoms with Crippen LogP contribution in [0.1, 0.15) is 44.9 Å². The summed E-state index contributed by atoms with van der Waals surface area (Å²) in [5.41, 5.74) is 0.0859. The lowest BCUT2D eigenvalue weighted by Gasteiger charge is -2.20. The van der Waals surface area contributed by atoms with E-state index < -0.39 is 27.8 Å². The van der Waals surface area contributed by atoms with Crippen LogP contribution >= 0.6 is 0 Å². The molecule has 1 aliphatic heterocycles. The SMILES string of the molecule is CCN(CC)S(=O)(=O)c1cc(C(=O)ON2C(=O)c3ccccc3C2=O)ccc1OC. The predicted octanol–water partition coefficient (Wildman–Crippen LogP) is 2.09. The zero-order valence-corrected chi connectivity index (χ0v) is 17.4. The van der Waals surface area contributed by atoms with E-state index in [-0.39, 0.29) is 40.4 Å². The van der Waals surface area contributed by atoms with Crippen molar-refractivity contribution in [2.75, 3.05) is 20.2 Å². The van der Waals surface area contributed by atoms with Crippen molar-refractivity contribution in [2.45, 2.75) is 18.7 Å². The van der Waals surface area contributed by atoms with Gasteiger partial charge in [0, 0.05) is 13.1 Å². The summed E-state index contributed by atoms with van der Waals surface area (Å²) >= 11 is 0. The number of hydrogen-bond donors (Lipinski definition) is 0. The number of nitrogens with zero attached hydrogens (tertiary/aromatic N) is 2. The van der Waals surface area contributed by atoms with E-state index in [4.69, 9.17) is 9.57 Å². The molecule has 2 aromatic carbocycles. The largest absolute Gasteiger partial charge is 0.495 e. The minimum atomic E-state index is -3.94. The first-order valence-corrected chi connectivity index (χ1v) is 10.6. The molecular weight excluding hydrogens is 412 g/mol. The molecule has 0 bridgehead atoms. The first-order chi connectivity index (χ1) is 14.3. The minimum absolute atomic E-state index is 0.0548. The summed E-state index contributed by atoms with van der Waals surface area (Å²) in [6.07, 6.45) is 0. The van der Waals surface area contributed by atoms with Gasteiger partial charge in [0.15, 0.2) is 0 Å². The van der Waals surface area contributed by atoms with Crippen LogP contribution < -0.4 is 4.74 Å². The van der Waals surface area contributed by atoms with E-state index in [9.17, 15) is 22.8 Å². The molecule has 0 fully saturated rings. The summed E-state index contributed by atoms with van der Waals surface area (Å²) in [5, 5.41) is 0.371. The number of imide groups is 1. The van der Waals surface area contributed by atoms with Crippen LogP contribution in [0.2, 0.25) is 0 Å². The lowest BCUT2D eigenvalue weighted by Crippen LogP contribution is -2.33. The van der Waals surface area contributed by atoms with Crippen LogP contribution in [0.4, 0.5) is 0 Å². The first-order valence-electron chi connectivity index (χ1n) is 9.14. The molecule has 10 heteroatoms. The van der Waals surface area contributed by atoms with Crippen LogP contribution in [-0.2, 0) is 14.9 Å². The molecule has 0 saturated heterocycles. The summed E-state index contributed by atoms with van der Waals surface area (Å²) in [4.78, 5) is 42.1. The Morgan fingerprint density at radius 2 is 1.57 bits per heavy atom. The summed E-state index contributed by atoms with van der Waals surface area (Å²) < 4.78 is 32.2. The molecule has 0 saturated carbocycles. The zero-order valence-electron chi connectivity index (χ0n) is 16.6. The van der Waals surface area contributed by atoms with E-state index >= 15 is 0 Å². The molecule has 158 valence electrons. The maximum absolute atomic E-state index is 12.9. The molecule has 0 unspecified atom stereocenters. The Morgan fingerprint density at radius 3 is 2.07 bits per heavy atom. The van der Waals surface area contributed by atoms with Crippen LogP contribution in [0.25, 0.3) is 0 Å². The third-order valence-electron chi connectivity index (χ3n) is 4.65. The Hall–Kier alpha value is -3.24. The zero-order chi connectivity index (χ0) is 22.1. The molecule has 1 heterocycles. The molecular formula is C20H20N2O7S. The fourth-order valence-corrected chi connectivity index (χ4v) is 4.73. The monoisotopic (exact) mass is 432 g/mol. The van der Waals surface area contributed by atoms with E-state index in [1.54, 1.807) is 26.0 Å². The average molecular weight is 432 g/mol. The number of hydroxylamine groups is 2. The van der Waals surface area contributed by atoms with E-state index in [0.29, 0.717) is 5.06 Å². The van der Waals surface area contributed by atoms with Crippen molar-refractivity contribution in [3.05, 3.63) is 59.2 Å². The van der Waals surface area contributed by atoms with Gasteiger partial charge in [-0.1, -0.05) is 31.0 Å². The van der Waals surface area contributed by atoms with Gasteiger partial charge in [-0.25, -0.2) is 13.2 Å². The molecule has 9 nitrogen and oxygen atoms in total. The first kappa shape index (κ1) is 21.5. The lowest BCUT2D eigenvalue weighted by atomic mass is 10.1. The van der Waals surface area contributed by atoms with Crippen molar-refractivity contribution in [3.63, 3.8) is 0 Å². The highest BCUT2D eigenvalue weighted by Gasteiger charge is 2.39. The number of rotatable bonds is 7. The van der Waals surface area contributed by atoms with Gasteiger partial charge in [-0.2, -0.15) is 4.31 Å². The fourth-order valence-electron chi connectivity index (χ4n) is 3.09. The van der Waals surface area contributed by atoms with Gasteiger partial charge in [0.25, 0.3) is 11.8 Å². The maximum Gasteiger partial charge on any atom is 0.363 e. The molecule has 1 aliphatic rings. The van der Waals surface area contributed by atoms with Crippen LogP contribution in [0.3, 0.4) is 0 Å². The summed E-state index contributed by atoms with van der Waals surface area (Å²) in [5.74, 6) is -2.54. The van der Waals surface area contributed by atoms with E-state index in [2.05, 4.69) is 0 Å². The van der Waals surface area contributed by atoms with Crippen molar-refractivity contribution in [3.8, 4) is 5.75 Å². The number of ether oxygens (including phenoxy) is 1. The second-order valence-corrected chi connectivity index (χ2v) is 8.19. The highest BCUT2D eigenvalue weighted by Crippen LogP contribution is 2.29. The third kappa shape index (κ3) is 3.55. The van der Waals surface area contributed by atoms with Gasteiger partial charge in [-0.3, -0.25) is 9.59 Å². The minimum Gasteiger partial charge on any atom is -0.495 e. The Bertz CT molecular complexity index is 1090. The average Bonchev–Trinajstić information content (AvgIpc) is 2.99. The van der Waals surface area contributed by atoms with Gasteiger partial charge in [-0.15, -0.1) is 0 Å². The molecule has 0 radical (unpaired) electrons.